The molecule has 94 valence electrons. The van der Waals surface area contributed by atoms with E-state index in [1.54, 1.807) is 19.1 Å². The number of phenols is 1. The smallest absolute Gasteiger partial charge is 0.416 e. The van der Waals surface area contributed by atoms with E-state index < -0.39 is 11.7 Å². The summed E-state index contributed by atoms with van der Waals surface area (Å²) in [6, 6.07) is 9.89. The van der Waals surface area contributed by atoms with E-state index in [0.29, 0.717) is 11.1 Å². The second-order valence-corrected chi connectivity index (χ2v) is 4.08. The number of aryl methyl sites for hydroxylation is 1. The standard InChI is InChI=1S/C14H11F3O/c1-9-8-11(4-7-13(9)18)10-2-5-12(6-3-10)14(15,16)17/h2-8,18H,1H3. The maximum Gasteiger partial charge on any atom is 0.416 e. The summed E-state index contributed by atoms with van der Waals surface area (Å²) in [6.07, 6.45) is -4.32. The van der Waals surface area contributed by atoms with Crippen LogP contribution in [-0.4, -0.2) is 5.11 Å². The highest BCUT2D eigenvalue weighted by Gasteiger charge is 2.29. The topological polar surface area (TPSA) is 20.2 Å². The molecule has 1 nitrogen and oxygen atoms in total. The quantitative estimate of drug-likeness (QED) is 0.798. The maximum atomic E-state index is 12.4. The predicted octanol–water partition coefficient (Wildman–Crippen LogP) is 4.39. The molecule has 0 unspecified atom stereocenters. The first-order valence-corrected chi connectivity index (χ1v) is 5.35. The molecule has 0 radical (unpaired) electrons. The summed E-state index contributed by atoms with van der Waals surface area (Å²) in [5.74, 6) is 0.172. The Bertz CT molecular complexity index is 556. The third-order valence-electron chi connectivity index (χ3n) is 2.74. The van der Waals surface area contributed by atoms with Crippen molar-refractivity contribution in [2.24, 2.45) is 0 Å². The van der Waals surface area contributed by atoms with Gasteiger partial charge < -0.3 is 5.11 Å². The van der Waals surface area contributed by atoms with Crippen LogP contribution in [0.25, 0.3) is 11.1 Å². The summed E-state index contributed by atoms with van der Waals surface area (Å²) < 4.78 is 37.2. The first kappa shape index (κ1) is 12.5. The van der Waals surface area contributed by atoms with Crippen molar-refractivity contribution in [3.05, 3.63) is 53.6 Å². The zero-order chi connectivity index (χ0) is 13.3. The zero-order valence-corrected chi connectivity index (χ0v) is 9.62. The van der Waals surface area contributed by atoms with Gasteiger partial charge in [0.1, 0.15) is 5.75 Å². The summed E-state index contributed by atoms with van der Waals surface area (Å²) in [6.45, 7) is 1.74. The minimum absolute atomic E-state index is 0.172. The second-order valence-electron chi connectivity index (χ2n) is 4.08. The Kier molecular flexibility index (Phi) is 3.03. The highest BCUT2D eigenvalue weighted by atomic mass is 19.4. The molecule has 4 heteroatoms. The summed E-state index contributed by atoms with van der Waals surface area (Å²) in [5, 5.41) is 9.39. The van der Waals surface area contributed by atoms with Crippen molar-refractivity contribution >= 4 is 0 Å². The number of rotatable bonds is 1. The highest BCUT2D eigenvalue weighted by molar-refractivity contribution is 5.65. The van der Waals surface area contributed by atoms with Gasteiger partial charge in [0, 0.05) is 0 Å². The average Bonchev–Trinajstić information content (AvgIpc) is 2.32. The lowest BCUT2D eigenvalue weighted by Gasteiger charge is -2.08. The molecule has 1 N–H and O–H groups in total. The molecule has 0 heterocycles. The van der Waals surface area contributed by atoms with E-state index in [0.717, 1.165) is 17.7 Å². The molecule has 2 aromatic rings. The van der Waals surface area contributed by atoms with Crippen LogP contribution in [0.15, 0.2) is 42.5 Å². The van der Waals surface area contributed by atoms with Crippen LogP contribution >= 0.6 is 0 Å². The number of aromatic hydroxyl groups is 1. The summed E-state index contributed by atoms with van der Waals surface area (Å²) >= 11 is 0. The SMILES string of the molecule is Cc1cc(-c2ccc(C(F)(F)F)cc2)ccc1O. The highest BCUT2D eigenvalue weighted by Crippen LogP contribution is 2.31. The number of benzene rings is 2. The van der Waals surface area contributed by atoms with Gasteiger partial charge >= 0.3 is 6.18 Å². The van der Waals surface area contributed by atoms with Crippen molar-refractivity contribution in [2.45, 2.75) is 13.1 Å². The fraction of sp³-hybridized carbons (Fsp3) is 0.143. The Hall–Kier alpha value is -1.97. The van der Waals surface area contributed by atoms with Crippen LogP contribution < -0.4 is 0 Å². The minimum Gasteiger partial charge on any atom is -0.508 e. The largest absolute Gasteiger partial charge is 0.508 e. The van der Waals surface area contributed by atoms with E-state index in [9.17, 15) is 18.3 Å². The molecule has 0 atom stereocenters. The number of hydrogen-bond donors (Lipinski definition) is 1. The molecule has 18 heavy (non-hydrogen) atoms. The zero-order valence-electron chi connectivity index (χ0n) is 9.62. The monoisotopic (exact) mass is 252 g/mol. The Morgan fingerprint density at radius 3 is 1.94 bits per heavy atom. The molecule has 0 aromatic heterocycles. The van der Waals surface area contributed by atoms with Crippen LogP contribution in [0.1, 0.15) is 11.1 Å². The molecule has 0 fully saturated rings. The van der Waals surface area contributed by atoms with E-state index in [1.165, 1.54) is 18.2 Å². The Labute approximate surface area is 103 Å². The van der Waals surface area contributed by atoms with Gasteiger partial charge in [-0.1, -0.05) is 18.2 Å². The van der Waals surface area contributed by atoms with Crippen molar-refractivity contribution in [1.29, 1.82) is 0 Å². The molecule has 2 rings (SSSR count). The van der Waals surface area contributed by atoms with E-state index in [1.807, 2.05) is 0 Å². The van der Waals surface area contributed by atoms with Gasteiger partial charge in [0.05, 0.1) is 5.56 Å². The maximum absolute atomic E-state index is 12.4. The lowest BCUT2D eigenvalue weighted by atomic mass is 10.0. The Morgan fingerprint density at radius 2 is 1.44 bits per heavy atom. The van der Waals surface area contributed by atoms with Crippen molar-refractivity contribution in [3.63, 3.8) is 0 Å². The van der Waals surface area contributed by atoms with Crippen molar-refractivity contribution in [3.8, 4) is 16.9 Å². The third kappa shape index (κ3) is 2.47. The lowest BCUT2D eigenvalue weighted by Crippen LogP contribution is -2.03. The van der Waals surface area contributed by atoms with E-state index in [4.69, 9.17) is 0 Å². The van der Waals surface area contributed by atoms with Crippen LogP contribution in [0.2, 0.25) is 0 Å². The second kappa shape index (κ2) is 4.37. The van der Waals surface area contributed by atoms with Crippen LogP contribution in [0.4, 0.5) is 13.2 Å². The van der Waals surface area contributed by atoms with E-state index in [2.05, 4.69) is 0 Å². The third-order valence-corrected chi connectivity index (χ3v) is 2.74. The molecule has 0 saturated carbocycles. The van der Waals surface area contributed by atoms with Crippen molar-refractivity contribution in [1.82, 2.24) is 0 Å². The van der Waals surface area contributed by atoms with Gasteiger partial charge in [-0.2, -0.15) is 13.2 Å². The molecule has 0 aliphatic heterocycles. The van der Waals surface area contributed by atoms with E-state index >= 15 is 0 Å². The normalized spacial score (nSPS) is 11.6. The average molecular weight is 252 g/mol. The molecule has 0 aliphatic carbocycles. The van der Waals surface area contributed by atoms with Gasteiger partial charge in [0.2, 0.25) is 0 Å². The first-order valence-electron chi connectivity index (χ1n) is 5.35. The number of halogens is 3. The summed E-state index contributed by atoms with van der Waals surface area (Å²) in [5.41, 5.74) is 1.49. The summed E-state index contributed by atoms with van der Waals surface area (Å²) in [4.78, 5) is 0. The molecule has 0 amide bonds. The van der Waals surface area contributed by atoms with Crippen LogP contribution in [0.3, 0.4) is 0 Å². The number of phenolic OH excluding ortho intramolecular Hbond substituents is 1. The van der Waals surface area contributed by atoms with Gasteiger partial charge in [-0.05, 0) is 47.9 Å². The molecular weight excluding hydrogens is 241 g/mol. The predicted molar refractivity (Wildman–Crippen MR) is 63.3 cm³/mol. The Balaban J connectivity index is 2.37. The first-order chi connectivity index (χ1) is 8.38. The molecule has 2 aromatic carbocycles. The van der Waals surface area contributed by atoms with Gasteiger partial charge in [0.25, 0.3) is 0 Å². The lowest BCUT2D eigenvalue weighted by molar-refractivity contribution is -0.137. The number of alkyl halides is 3. The molecular formula is C14H11F3O. The van der Waals surface area contributed by atoms with Crippen LogP contribution in [-0.2, 0) is 6.18 Å². The molecule has 0 saturated heterocycles. The van der Waals surface area contributed by atoms with Crippen molar-refractivity contribution in [2.75, 3.05) is 0 Å². The minimum atomic E-state index is -4.32. The fourth-order valence-corrected chi connectivity index (χ4v) is 1.69. The Morgan fingerprint density at radius 1 is 0.889 bits per heavy atom. The molecule has 0 aliphatic rings. The number of hydrogen-bond acceptors (Lipinski definition) is 1. The van der Waals surface area contributed by atoms with Crippen LogP contribution in [0, 0.1) is 6.92 Å². The van der Waals surface area contributed by atoms with E-state index in [-0.39, 0.29) is 5.75 Å². The molecule has 0 spiro atoms. The van der Waals surface area contributed by atoms with Gasteiger partial charge in [-0.25, -0.2) is 0 Å². The van der Waals surface area contributed by atoms with Gasteiger partial charge in [0.15, 0.2) is 0 Å². The van der Waals surface area contributed by atoms with Crippen LogP contribution in [0.5, 0.6) is 5.75 Å². The molecule has 0 bridgehead atoms. The van der Waals surface area contributed by atoms with Gasteiger partial charge in [-0.15, -0.1) is 0 Å². The van der Waals surface area contributed by atoms with Crippen molar-refractivity contribution < 1.29 is 18.3 Å². The summed E-state index contributed by atoms with van der Waals surface area (Å²) in [7, 11) is 0. The van der Waals surface area contributed by atoms with Gasteiger partial charge in [-0.3, -0.25) is 0 Å². The fourth-order valence-electron chi connectivity index (χ4n) is 1.69.